The Balaban J connectivity index is 1.57. The van der Waals surface area contributed by atoms with E-state index in [1.54, 1.807) is 18.9 Å². The second-order valence-corrected chi connectivity index (χ2v) is 8.47. The molecule has 1 aromatic carbocycles. The summed E-state index contributed by atoms with van der Waals surface area (Å²) in [6.07, 6.45) is 1.54. The molecule has 0 bridgehead atoms. The number of rotatable bonds is 7. The summed E-state index contributed by atoms with van der Waals surface area (Å²) in [4.78, 5) is 31.6. The third-order valence-corrected chi connectivity index (χ3v) is 6.47. The van der Waals surface area contributed by atoms with Gasteiger partial charge in [-0.15, -0.1) is 11.3 Å². The molecule has 1 fully saturated rings. The number of para-hydroxylation sites is 1. The summed E-state index contributed by atoms with van der Waals surface area (Å²) >= 11 is 1.46. The molecule has 2 aromatic heterocycles. The van der Waals surface area contributed by atoms with Crippen LogP contribution in [0.1, 0.15) is 30.3 Å². The lowest BCUT2D eigenvalue weighted by atomic mass is 9.98. The molecule has 0 saturated carbocycles. The highest BCUT2D eigenvalue weighted by atomic mass is 32.1. The molecule has 8 heteroatoms. The molecule has 164 valence electrons. The number of carbonyl (C=O) groups is 2. The van der Waals surface area contributed by atoms with Crippen LogP contribution >= 0.6 is 11.3 Å². The second kappa shape index (κ2) is 9.62. The van der Waals surface area contributed by atoms with Gasteiger partial charge in [-0.2, -0.15) is 0 Å². The number of benzene rings is 1. The van der Waals surface area contributed by atoms with Crippen LogP contribution in [0.4, 0.5) is 0 Å². The smallest absolute Gasteiger partial charge is 0.310 e. The highest BCUT2D eigenvalue weighted by molar-refractivity contribution is 7.13. The molecule has 1 aliphatic heterocycles. The predicted molar refractivity (Wildman–Crippen MR) is 120 cm³/mol. The first kappa shape index (κ1) is 21.5. The molecule has 3 aromatic rings. The van der Waals surface area contributed by atoms with Gasteiger partial charge in [-0.25, -0.2) is 4.98 Å². The number of piperidine rings is 1. The van der Waals surface area contributed by atoms with E-state index in [0.717, 1.165) is 34.4 Å². The monoisotopic (exact) mass is 441 g/mol. The topological polar surface area (TPSA) is 73.7 Å². The van der Waals surface area contributed by atoms with Crippen molar-refractivity contribution in [2.24, 2.45) is 5.92 Å². The molecule has 1 atom stereocenters. The Morgan fingerprint density at radius 1 is 1.29 bits per heavy atom. The standard InChI is InChI=1S/C23H27N3O4S/c1-3-30-23(28)17-8-6-10-25(14-17)22(27)18-15-31-21(24-18)20-13-16-7-4-5-9-19(16)26(20)11-12-29-2/h4-5,7,9,13,15,17H,3,6,8,10-12,14H2,1-2H3. The molecular formula is C23H27N3O4S. The molecule has 0 aliphatic carbocycles. The summed E-state index contributed by atoms with van der Waals surface area (Å²) in [5.74, 6) is -0.606. The van der Waals surface area contributed by atoms with Crippen LogP contribution in [0.5, 0.6) is 0 Å². The Hall–Kier alpha value is -2.71. The average molecular weight is 442 g/mol. The first-order valence-electron chi connectivity index (χ1n) is 10.6. The Bertz CT molecular complexity index is 1070. The maximum absolute atomic E-state index is 13.1. The number of hydrogen-bond donors (Lipinski definition) is 0. The summed E-state index contributed by atoms with van der Waals surface area (Å²) in [5.41, 5.74) is 2.52. The lowest BCUT2D eigenvalue weighted by molar-refractivity contribution is -0.149. The summed E-state index contributed by atoms with van der Waals surface area (Å²) in [7, 11) is 1.69. The molecule has 3 heterocycles. The van der Waals surface area contributed by atoms with Gasteiger partial charge >= 0.3 is 5.97 Å². The van der Waals surface area contributed by atoms with Crippen LogP contribution in [0.3, 0.4) is 0 Å². The molecule has 1 amide bonds. The number of likely N-dealkylation sites (tertiary alicyclic amines) is 1. The van der Waals surface area contributed by atoms with Gasteiger partial charge in [-0.3, -0.25) is 9.59 Å². The van der Waals surface area contributed by atoms with Crippen molar-refractivity contribution < 1.29 is 19.1 Å². The minimum atomic E-state index is -0.257. The number of amides is 1. The van der Waals surface area contributed by atoms with Crippen LogP contribution < -0.4 is 0 Å². The van der Waals surface area contributed by atoms with E-state index in [9.17, 15) is 9.59 Å². The quantitative estimate of drug-likeness (QED) is 0.521. The van der Waals surface area contributed by atoms with Crippen LogP contribution in [0.25, 0.3) is 21.6 Å². The van der Waals surface area contributed by atoms with Crippen molar-refractivity contribution in [1.29, 1.82) is 0 Å². The van der Waals surface area contributed by atoms with Gasteiger partial charge in [-0.1, -0.05) is 18.2 Å². The number of nitrogens with zero attached hydrogens (tertiary/aromatic N) is 3. The Morgan fingerprint density at radius 2 is 2.13 bits per heavy atom. The molecule has 4 rings (SSSR count). The van der Waals surface area contributed by atoms with Gasteiger partial charge in [0.2, 0.25) is 0 Å². The third-order valence-electron chi connectivity index (χ3n) is 5.60. The lowest BCUT2D eigenvalue weighted by Gasteiger charge is -2.31. The van der Waals surface area contributed by atoms with Crippen molar-refractivity contribution in [3.8, 4) is 10.7 Å². The normalized spacial score (nSPS) is 16.6. The number of ether oxygens (including phenoxy) is 2. The number of carbonyl (C=O) groups excluding carboxylic acids is 2. The minimum Gasteiger partial charge on any atom is -0.466 e. The molecule has 0 spiro atoms. The summed E-state index contributed by atoms with van der Waals surface area (Å²) in [6, 6.07) is 10.3. The first-order chi connectivity index (χ1) is 15.1. The fourth-order valence-corrected chi connectivity index (χ4v) is 4.89. The van der Waals surface area contributed by atoms with Gasteiger partial charge in [0.05, 0.1) is 24.8 Å². The molecule has 1 saturated heterocycles. The van der Waals surface area contributed by atoms with Gasteiger partial charge < -0.3 is 18.9 Å². The molecule has 0 radical (unpaired) electrons. The Kier molecular flexibility index (Phi) is 6.67. The van der Waals surface area contributed by atoms with Gasteiger partial charge in [0.1, 0.15) is 10.7 Å². The van der Waals surface area contributed by atoms with E-state index >= 15 is 0 Å². The zero-order valence-electron chi connectivity index (χ0n) is 17.9. The van der Waals surface area contributed by atoms with Gasteiger partial charge in [-0.05, 0) is 31.9 Å². The van der Waals surface area contributed by atoms with E-state index in [4.69, 9.17) is 9.47 Å². The SMILES string of the molecule is CCOC(=O)C1CCCN(C(=O)c2csc(-c3cc4ccccc4n3CCOC)n2)C1. The van der Waals surface area contributed by atoms with Crippen LogP contribution in [0.15, 0.2) is 35.7 Å². The Morgan fingerprint density at radius 3 is 2.94 bits per heavy atom. The van der Waals surface area contributed by atoms with Crippen molar-refractivity contribution in [3.63, 3.8) is 0 Å². The fourth-order valence-electron chi connectivity index (χ4n) is 4.08. The third kappa shape index (κ3) is 4.50. The highest BCUT2D eigenvalue weighted by Gasteiger charge is 2.31. The molecule has 0 N–H and O–H groups in total. The zero-order chi connectivity index (χ0) is 21.8. The number of fused-ring (bicyclic) bond motifs is 1. The van der Waals surface area contributed by atoms with Gasteiger partial charge in [0.15, 0.2) is 0 Å². The molecule has 31 heavy (non-hydrogen) atoms. The fraction of sp³-hybridized carbons (Fsp3) is 0.435. The maximum Gasteiger partial charge on any atom is 0.310 e. The zero-order valence-corrected chi connectivity index (χ0v) is 18.7. The molecule has 7 nitrogen and oxygen atoms in total. The number of aromatic nitrogens is 2. The Labute approximate surface area is 185 Å². The van der Waals surface area contributed by atoms with E-state index in [1.165, 1.54) is 11.3 Å². The van der Waals surface area contributed by atoms with E-state index in [1.807, 2.05) is 17.5 Å². The predicted octanol–water partition coefficient (Wildman–Crippen LogP) is 3.83. The van der Waals surface area contributed by atoms with Crippen LogP contribution in [0.2, 0.25) is 0 Å². The summed E-state index contributed by atoms with van der Waals surface area (Å²) < 4.78 is 12.6. The highest BCUT2D eigenvalue weighted by Crippen LogP contribution is 2.31. The van der Waals surface area contributed by atoms with Gasteiger partial charge in [0.25, 0.3) is 5.91 Å². The second-order valence-electron chi connectivity index (χ2n) is 7.61. The lowest BCUT2D eigenvalue weighted by Crippen LogP contribution is -2.42. The largest absolute Gasteiger partial charge is 0.466 e. The molecular weight excluding hydrogens is 414 g/mol. The number of thiazole rings is 1. The van der Waals surface area contributed by atoms with Gasteiger partial charge in [0, 0.05) is 43.0 Å². The summed E-state index contributed by atoms with van der Waals surface area (Å²) in [5, 5.41) is 3.74. The number of hydrogen-bond acceptors (Lipinski definition) is 6. The van der Waals surface area contributed by atoms with E-state index in [0.29, 0.717) is 38.5 Å². The van der Waals surface area contributed by atoms with Crippen molar-refractivity contribution in [2.75, 3.05) is 33.4 Å². The maximum atomic E-state index is 13.1. The van der Waals surface area contributed by atoms with Crippen LogP contribution in [-0.4, -0.2) is 59.7 Å². The number of esters is 1. The van der Waals surface area contributed by atoms with Crippen LogP contribution in [0, 0.1) is 5.92 Å². The van der Waals surface area contributed by atoms with Crippen molar-refractivity contribution in [2.45, 2.75) is 26.3 Å². The molecule has 1 aliphatic rings. The first-order valence-corrected chi connectivity index (χ1v) is 11.5. The van der Waals surface area contributed by atoms with E-state index < -0.39 is 0 Å². The van der Waals surface area contributed by atoms with Crippen LogP contribution in [-0.2, 0) is 20.8 Å². The van der Waals surface area contributed by atoms with Crippen molar-refractivity contribution in [1.82, 2.24) is 14.5 Å². The van der Waals surface area contributed by atoms with E-state index in [2.05, 4.69) is 27.8 Å². The van der Waals surface area contributed by atoms with Crippen molar-refractivity contribution >= 4 is 34.1 Å². The van der Waals surface area contributed by atoms with E-state index in [-0.39, 0.29) is 17.8 Å². The average Bonchev–Trinajstić information content (AvgIpc) is 3.42. The van der Waals surface area contributed by atoms with Crippen molar-refractivity contribution in [3.05, 3.63) is 41.4 Å². The molecule has 1 unspecified atom stereocenters. The summed E-state index contributed by atoms with van der Waals surface area (Å²) in [6.45, 7) is 4.47. The minimum absolute atomic E-state index is 0.129. The number of methoxy groups -OCH3 is 1.